The molecule has 1 fully saturated rings. The van der Waals surface area contributed by atoms with Crippen LogP contribution in [-0.2, 0) is 9.47 Å². The van der Waals surface area contributed by atoms with Gasteiger partial charge < -0.3 is 14.6 Å². The molecule has 0 saturated carbocycles. The molecule has 2 unspecified atom stereocenters. The lowest BCUT2D eigenvalue weighted by Crippen LogP contribution is -2.21. The summed E-state index contributed by atoms with van der Waals surface area (Å²) >= 11 is 0. The first kappa shape index (κ1) is 12.1. The van der Waals surface area contributed by atoms with Gasteiger partial charge in [0.05, 0.1) is 18.8 Å². The van der Waals surface area contributed by atoms with Crippen molar-refractivity contribution in [3.63, 3.8) is 0 Å². The first-order chi connectivity index (χ1) is 8.20. The lowest BCUT2D eigenvalue weighted by molar-refractivity contribution is -0.164. The van der Waals surface area contributed by atoms with Crippen molar-refractivity contribution in [1.82, 2.24) is 0 Å². The van der Waals surface area contributed by atoms with Crippen LogP contribution >= 0.6 is 0 Å². The molecule has 0 spiro atoms. The summed E-state index contributed by atoms with van der Waals surface area (Å²) in [6.07, 6.45) is 1.79. The molecule has 1 aliphatic heterocycles. The largest absolute Gasteiger partial charge is 0.465 e. The summed E-state index contributed by atoms with van der Waals surface area (Å²) in [7, 11) is 1.36. The minimum absolute atomic E-state index is 0.0783. The highest BCUT2D eigenvalue weighted by Crippen LogP contribution is 2.30. The van der Waals surface area contributed by atoms with Crippen molar-refractivity contribution in [2.24, 2.45) is 0 Å². The van der Waals surface area contributed by atoms with E-state index in [0.29, 0.717) is 12.0 Å². The first-order valence-corrected chi connectivity index (χ1v) is 5.72. The van der Waals surface area contributed by atoms with Crippen LogP contribution < -0.4 is 0 Å². The van der Waals surface area contributed by atoms with Crippen molar-refractivity contribution in [3.05, 3.63) is 35.4 Å². The Bertz CT molecular complexity index is 385. The third kappa shape index (κ3) is 2.84. The second kappa shape index (κ2) is 5.29. The summed E-state index contributed by atoms with van der Waals surface area (Å²) in [4.78, 5) is 11.3. The van der Waals surface area contributed by atoms with Gasteiger partial charge in [0.2, 0.25) is 0 Å². The number of aliphatic hydroxyl groups is 1. The molecule has 4 heteroatoms. The Kier molecular flexibility index (Phi) is 3.76. The van der Waals surface area contributed by atoms with Crippen molar-refractivity contribution in [3.8, 4) is 0 Å². The molecule has 1 aromatic rings. The topological polar surface area (TPSA) is 55.8 Å². The van der Waals surface area contributed by atoms with Crippen LogP contribution in [0.15, 0.2) is 24.3 Å². The predicted molar refractivity (Wildman–Crippen MR) is 61.5 cm³/mol. The lowest BCUT2D eigenvalue weighted by atomic mass is 10.00. The van der Waals surface area contributed by atoms with Gasteiger partial charge >= 0.3 is 5.97 Å². The van der Waals surface area contributed by atoms with Gasteiger partial charge in [-0.15, -0.1) is 0 Å². The molecule has 0 amide bonds. The van der Waals surface area contributed by atoms with E-state index in [-0.39, 0.29) is 12.1 Å². The Morgan fingerprint density at radius 3 is 2.65 bits per heavy atom. The summed E-state index contributed by atoms with van der Waals surface area (Å²) in [5.41, 5.74) is 1.50. The molecule has 1 heterocycles. The van der Waals surface area contributed by atoms with Gasteiger partial charge in [0.1, 0.15) is 0 Å². The van der Waals surface area contributed by atoms with E-state index < -0.39 is 6.29 Å². The van der Waals surface area contributed by atoms with Gasteiger partial charge in [-0.3, -0.25) is 0 Å². The first-order valence-electron chi connectivity index (χ1n) is 5.72. The summed E-state index contributed by atoms with van der Waals surface area (Å²) in [5, 5.41) is 9.43. The number of benzene rings is 1. The van der Waals surface area contributed by atoms with Crippen LogP contribution in [0.2, 0.25) is 0 Å². The molecule has 17 heavy (non-hydrogen) atoms. The zero-order valence-corrected chi connectivity index (χ0v) is 9.76. The van der Waals surface area contributed by atoms with E-state index in [1.54, 1.807) is 12.1 Å². The smallest absolute Gasteiger partial charge is 0.337 e. The number of hydrogen-bond acceptors (Lipinski definition) is 4. The Morgan fingerprint density at radius 2 is 2.06 bits per heavy atom. The maximum absolute atomic E-state index is 11.3. The molecule has 1 aliphatic rings. The maximum atomic E-state index is 11.3. The van der Waals surface area contributed by atoms with E-state index in [2.05, 4.69) is 4.74 Å². The van der Waals surface area contributed by atoms with Gasteiger partial charge in [0.25, 0.3) is 0 Å². The standard InChI is InChI=1S/C13H16O4/c1-16-13(15)10-7-5-9(6-8-10)11-3-2-4-12(14)17-11/h5-8,11-12,14H,2-4H2,1H3. The van der Waals surface area contributed by atoms with Crippen molar-refractivity contribution < 1.29 is 19.4 Å². The maximum Gasteiger partial charge on any atom is 0.337 e. The third-order valence-corrected chi connectivity index (χ3v) is 2.94. The minimum atomic E-state index is -0.672. The molecule has 1 N–H and O–H groups in total. The fraction of sp³-hybridized carbons (Fsp3) is 0.462. The van der Waals surface area contributed by atoms with Crippen molar-refractivity contribution in [2.75, 3.05) is 7.11 Å². The van der Waals surface area contributed by atoms with E-state index in [0.717, 1.165) is 18.4 Å². The van der Waals surface area contributed by atoms with E-state index >= 15 is 0 Å². The molecule has 1 saturated heterocycles. The Labute approximate surface area is 100 Å². The van der Waals surface area contributed by atoms with Crippen LogP contribution in [0.5, 0.6) is 0 Å². The molecule has 4 nitrogen and oxygen atoms in total. The van der Waals surface area contributed by atoms with Crippen LogP contribution in [0.4, 0.5) is 0 Å². The summed E-state index contributed by atoms with van der Waals surface area (Å²) in [5.74, 6) is -0.346. The van der Waals surface area contributed by atoms with Crippen molar-refractivity contribution >= 4 is 5.97 Å². The molecule has 2 atom stereocenters. The second-order valence-corrected chi connectivity index (χ2v) is 4.12. The molecule has 0 aliphatic carbocycles. The zero-order chi connectivity index (χ0) is 12.3. The predicted octanol–water partition coefficient (Wildman–Crippen LogP) is 2.03. The van der Waals surface area contributed by atoms with E-state index in [1.807, 2.05) is 12.1 Å². The second-order valence-electron chi connectivity index (χ2n) is 4.12. The number of carbonyl (C=O) groups is 1. The van der Waals surface area contributed by atoms with Gasteiger partial charge in [0, 0.05) is 0 Å². The van der Waals surface area contributed by atoms with Gasteiger partial charge in [0.15, 0.2) is 6.29 Å². The Balaban J connectivity index is 2.09. The number of carbonyl (C=O) groups excluding carboxylic acids is 1. The SMILES string of the molecule is COC(=O)c1ccc(C2CCCC(O)O2)cc1. The molecule has 0 radical (unpaired) electrons. The molecule has 0 bridgehead atoms. The fourth-order valence-electron chi connectivity index (χ4n) is 2.00. The molecular formula is C13H16O4. The van der Waals surface area contributed by atoms with Crippen LogP contribution in [-0.4, -0.2) is 24.5 Å². The average molecular weight is 236 g/mol. The molecule has 1 aromatic carbocycles. The van der Waals surface area contributed by atoms with Gasteiger partial charge in [-0.05, 0) is 37.0 Å². The zero-order valence-electron chi connectivity index (χ0n) is 9.76. The summed E-state index contributed by atoms with van der Waals surface area (Å²) in [6, 6.07) is 7.11. The normalized spacial score (nSPS) is 24.4. The van der Waals surface area contributed by atoms with Crippen molar-refractivity contribution in [2.45, 2.75) is 31.7 Å². The number of methoxy groups -OCH3 is 1. The van der Waals surface area contributed by atoms with Crippen LogP contribution in [0.1, 0.15) is 41.3 Å². The third-order valence-electron chi connectivity index (χ3n) is 2.94. The highest BCUT2D eigenvalue weighted by atomic mass is 16.6. The Morgan fingerprint density at radius 1 is 1.35 bits per heavy atom. The molecule has 0 aromatic heterocycles. The lowest BCUT2D eigenvalue weighted by Gasteiger charge is -2.27. The Hall–Kier alpha value is -1.39. The number of ether oxygens (including phenoxy) is 2. The average Bonchev–Trinajstić information content (AvgIpc) is 2.38. The number of rotatable bonds is 2. The van der Waals surface area contributed by atoms with Crippen LogP contribution in [0, 0.1) is 0 Å². The van der Waals surface area contributed by atoms with E-state index in [9.17, 15) is 9.90 Å². The molecular weight excluding hydrogens is 220 g/mol. The van der Waals surface area contributed by atoms with E-state index in [4.69, 9.17) is 4.74 Å². The summed E-state index contributed by atoms with van der Waals surface area (Å²) < 4.78 is 10.1. The molecule has 92 valence electrons. The van der Waals surface area contributed by atoms with E-state index in [1.165, 1.54) is 7.11 Å². The highest BCUT2D eigenvalue weighted by Gasteiger charge is 2.21. The van der Waals surface area contributed by atoms with Gasteiger partial charge in [-0.25, -0.2) is 4.79 Å². The fourth-order valence-corrected chi connectivity index (χ4v) is 2.00. The van der Waals surface area contributed by atoms with Gasteiger partial charge in [-0.2, -0.15) is 0 Å². The monoisotopic (exact) mass is 236 g/mol. The number of hydrogen-bond donors (Lipinski definition) is 1. The van der Waals surface area contributed by atoms with Crippen LogP contribution in [0.25, 0.3) is 0 Å². The number of esters is 1. The molecule has 2 rings (SSSR count). The van der Waals surface area contributed by atoms with Crippen LogP contribution in [0.3, 0.4) is 0 Å². The quantitative estimate of drug-likeness (QED) is 0.798. The highest BCUT2D eigenvalue weighted by molar-refractivity contribution is 5.89. The number of aliphatic hydroxyl groups excluding tert-OH is 1. The summed E-state index contributed by atoms with van der Waals surface area (Å²) in [6.45, 7) is 0. The van der Waals surface area contributed by atoms with Gasteiger partial charge in [-0.1, -0.05) is 12.1 Å². The van der Waals surface area contributed by atoms with Crippen molar-refractivity contribution in [1.29, 1.82) is 0 Å². The minimum Gasteiger partial charge on any atom is -0.465 e.